The zero-order valence-corrected chi connectivity index (χ0v) is 10.8. The molecule has 0 spiro atoms. The highest BCUT2D eigenvalue weighted by Gasteiger charge is 2.06. The Bertz CT molecular complexity index is 668. The minimum Gasteiger partial charge on any atom is -0.435 e. The second-order valence-corrected chi connectivity index (χ2v) is 4.12. The molecule has 110 valence electrons. The Morgan fingerprint density at radius 3 is 2.52 bits per heavy atom. The van der Waals surface area contributed by atoms with Crippen LogP contribution in [0, 0.1) is 0 Å². The molecule has 7 heteroatoms. The van der Waals surface area contributed by atoms with Crippen molar-refractivity contribution in [3.8, 4) is 5.75 Å². The Hall–Kier alpha value is -2.70. The summed E-state index contributed by atoms with van der Waals surface area (Å²) in [6.07, 6.45) is 1.50. The number of benzene rings is 1. The van der Waals surface area contributed by atoms with E-state index in [4.69, 9.17) is 0 Å². The third-order valence-corrected chi connectivity index (χ3v) is 2.58. The van der Waals surface area contributed by atoms with Gasteiger partial charge in [-0.15, -0.1) is 0 Å². The third kappa shape index (κ3) is 4.41. The van der Waals surface area contributed by atoms with Gasteiger partial charge in [0.05, 0.1) is 0 Å². The highest BCUT2D eigenvalue weighted by Crippen LogP contribution is 2.17. The molecule has 0 unspecified atom stereocenters. The summed E-state index contributed by atoms with van der Waals surface area (Å²) in [4.78, 5) is 23.2. The van der Waals surface area contributed by atoms with Gasteiger partial charge in [-0.1, -0.05) is 6.07 Å². The SMILES string of the molecule is O=C(Cn1ccccc1=O)Nc1ccc(OC(F)F)cc1. The quantitative estimate of drug-likeness (QED) is 0.918. The summed E-state index contributed by atoms with van der Waals surface area (Å²) in [5.74, 6) is -0.395. The zero-order valence-electron chi connectivity index (χ0n) is 10.8. The van der Waals surface area contributed by atoms with Crippen molar-refractivity contribution in [1.82, 2.24) is 4.57 Å². The topological polar surface area (TPSA) is 60.3 Å². The van der Waals surface area contributed by atoms with Crippen molar-refractivity contribution in [2.24, 2.45) is 0 Å². The van der Waals surface area contributed by atoms with E-state index in [-0.39, 0.29) is 17.9 Å². The Kier molecular flexibility index (Phi) is 4.65. The van der Waals surface area contributed by atoms with Gasteiger partial charge in [-0.3, -0.25) is 9.59 Å². The predicted octanol–water partition coefficient (Wildman–Crippen LogP) is 2.09. The Balaban J connectivity index is 1.97. The molecular weight excluding hydrogens is 282 g/mol. The van der Waals surface area contributed by atoms with Gasteiger partial charge in [0.15, 0.2) is 0 Å². The number of rotatable bonds is 5. The second-order valence-electron chi connectivity index (χ2n) is 4.12. The lowest BCUT2D eigenvalue weighted by molar-refractivity contribution is -0.116. The highest BCUT2D eigenvalue weighted by atomic mass is 19.3. The molecule has 0 saturated heterocycles. The molecule has 0 saturated carbocycles. The number of aromatic nitrogens is 1. The van der Waals surface area contributed by atoms with Gasteiger partial charge < -0.3 is 14.6 Å². The average Bonchev–Trinajstić information content (AvgIpc) is 2.43. The molecule has 0 bridgehead atoms. The van der Waals surface area contributed by atoms with E-state index in [1.165, 1.54) is 41.1 Å². The molecule has 1 aromatic carbocycles. The van der Waals surface area contributed by atoms with Gasteiger partial charge in [0.2, 0.25) is 5.91 Å². The number of pyridine rings is 1. The molecule has 0 aliphatic heterocycles. The first kappa shape index (κ1) is 14.7. The van der Waals surface area contributed by atoms with Crippen molar-refractivity contribution >= 4 is 11.6 Å². The summed E-state index contributed by atoms with van der Waals surface area (Å²) in [5, 5.41) is 2.56. The van der Waals surface area contributed by atoms with Gasteiger partial charge in [-0.05, 0) is 30.3 Å². The fourth-order valence-corrected chi connectivity index (χ4v) is 1.67. The maximum Gasteiger partial charge on any atom is 0.387 e. The molecule has 21 heavy (non-hydrogen) atoms. The summed E-state index contributed by atoms with van der Waals surface area (Å²) in [6.45, 7) is -3.02. The van der Waals surface area contributed by atoms with Crippen molar-refractivity contribution in [2.75, 3.05) is 5.32 Å². The fourth-order valence-electron chi connectivity index (χ4n) is 1.67. The van der Waals surface area contributed by atoms with E-state index < -0.39 is 12.5 Å². The Labute approximate surface area is 118 Å². The standard InChI is InChI=1S/C14H12F2N2O3/c15-14(16)21-11-6-4-10(5-7-11)17-12(19)9-18-8-2-1-3-13(18)20/h1-8,14H,9H2,(H,17,19). The van der Waals surface area contributed by atoms with E-state index in [1.54, 1.807) is 12.1 Å². The van der Waals surface area contributed by atoms with Crippen LogP contribution in [0.2, 0.25) is 0 Å². The number of carbonyl (C=O) groups excluding carboxylic acids is 1. The summed E-state index contributed by atoms with van der Waals surface area (Å²) in [6, 6.07) is 10.1. The Morgan fingerprint density at radius 1 is 1.19 bits per heavy atom. The first-order valence-corrected chi connectivity index (χ1v) is 6.05. The first-order chi connectivity index (χ1) is 10.0. The molecule has 1 amide bonds. The molecule has 0 aliphatic carbocycles. The van der Waals surface area contributed by atoms with Crippen molar-refractivity contribution in [1.29, 1.82) is 0 Å². The number of hydrogen-bond acceptors (Lipinski definition) is 3. The van der Waals surface area contributed by atoms with Crippen LogP contribution in [-0.2, 0) is 11.3 Å². The van der Waals surface area contributed by atoms with Crippen LogP contribution < -0.4 is 15.6 Å². The van der Waals surface area contributed by atoms with Crippen LogP contribution >= 0.6 is 0 Å². The lowest BCUT2D eigenvalue weighted by atomic mass is 10.3. The number of carbonyl (C=O) groups is 1. The number of amides is 1. The van der Waals surface area contributed by atoms with Crippen molar-refractivity contribution in [2.45, 2.75) is 13.2 Å². The largest absolute Gasteiger partial charge is 0.435 e. The summed E-state index contributed by atoms with van der Waals surface area (Å²) < 4.78 is 29.4. The third-order valence-electron chi connectivity index (χ3n) is 2.58. The molecule has 1 aromatic heterocycles. The van der Waals surface area contributed by atoms with Crippen LogP contribution in [0.1, 0.15) is 0 Å². The molecule has 0 fully saturated rings. The van der Waals surface area contributed by atoms with E-state index >= 15 is 0 Å². The number of hydrogen-bond donors (Lipinski definition) is 1. The summed E-state index contributed by atoms with van der Waals surface area (Å²) in [5.41, 5.74) is 0.138. The number of anilines is 1. The highest BCUT2D eigenvalue weighted by molar-refractivity contribution is 5.90. The monoisotopic (exact) mass is 294 g/mol. The van der Waals surface area contributed by atoms with Gasteiger partial charge in [0.25, 0.3) is 5.56 Å². The number of halogens is 2. The molecule has 2 rings (SSSR count). The van der Waals surface area contributed by atoms with Crippen LogP contribution in [0.25, 0.3) is 0 Å². The van der Waals surface area contributed by atoms with Crippen LogP contribution in [-0.4, -0.2) is 17.1 Å². The number of ether oxygens (including phenoxy) is 1. The van der Waals surface area contributed by atoms with Gasteiger partial charge in [0.1, 0.15) is 12.3 Å². The molecule has 0 atom stereocenters. The molecule has 0 aliphatic rings. The molecule has 2 aromatic rings. The second kappa shape index (κ2) is 6.65. The number of nitrogens with zero attached hydrogens (tertiary/aromatic N) is 1. The minimum absolute atomic E-state index is 0.00211. The van der Waals surface area contributed by atoms with Gasteiger partial charge in [-0.2, -0.15) is 8.78 Å². The molecule has 0 radical (unpaired) electrons. The van der Waals surface area contributed by atoms with Gasteiger partial charge in [0, 0.05) is 18.0 Å². The van der Waals surface area contributed by atoms with E-state index in [1.807, 2.05) is 0 Å². The lowest BCUT2D eigenvalue weighted by Gasteiger charge is -2.08. The average molecular weight is 294 g/mol. The van der Waals surface area contributed by atoms with E-state index in [9.17, 15) is 18.4 Å². The smallest absolute Gasteiger partial charge is 0.387 e. The van der Waals surface area contributed by atoms with Crippen molar-refractivity contribution in [3.63, 3.8) is 0 Å². The van der Waals surface area contributed by atoms with Gasteiger partial charge >= 0.3 is 6.61 Å². The molecule has 1 heterocycles. The van der Waals surface area contributed by atoms with E-state index in [2.05, 4.69) is 10.1 Å². The maximum absolute atomic E-state index is 12.0. The first-order valence-electron chi connectivity index (χ1n) is 6.05. The maximum atomic E-state index is 12.0. The predicted molar refractivity (Wildman–Crippen MR) is 72.4 cm³/mol. The zero-order chi connectivity index (χ0) is 15.2. The van der Waals surface area contributed by atoms with Crippen LogP contribution in [0.4, 0.5) is 14.5 Å². The van der Waals surface area contributed by atoms with Crippen LogP contribution in [0.3, 0.4) is 0 Å². The number of nitrogens with one attached hydrogen (secondary N) is 1. The number of alkyl halides is 2. The van der Waals surface area contributed by atoms with Crippen LogP contribution in [0.15, 0.2) is 53.5 Å². The molecular formula is C14H12F2N2O3. The van der Waals surface area contributed by atoms with E-state index in [0.717, 1.165) is 0 Å². The van der Waals surface area contributed by atoms with Crippen molar-refractivity contribution in [3.05, 3.63) is 59.0 Å². The summed E-state index contributed by atoms with van der Waals surface area (Å²) in [7, 11) is 0. The normalized spacial score (nSPS) is 10.4. The lowest BCUT2D eigenvalue weighted by Crippen LogP contribution is -2.26. The van der Waals surface area contributed by atoms with Crippen LogP contribution in [0.5, 0.6) is 5.75 Å². The molecule has 1 N–H and O–H groups in total. The van der Waals surface area contributed by atoms with E-state index in [0.29, 0.717) is 5.69 Å². The van der Waals surface area contributed by atoms with Gasteiger partial charge in [-0.25, -0.2) is 0 Å². The minimum atomic E-state index is -2.89. The van der Waals surface area contributed by atoms with Crippen molar-refractivity contribution < 1.29 is 18.3 Å². The Morgan fingerprint density at radius 2 is 1.90 bits per heavy atom. The molecule has 5 nitrogen and oxygen atoms in total. The fraction of sp³-hybridized carbons (Fsp3) is 0.143. The summed E-state index contributed by atoms with van der Waals surface area (Å²) >= 11 is 0.